The van der Waals surface area contributed by atoms with Gasteiger partial charge in [0.1, 0.15) is 0 Å². The maximum absolute atomic E-state index is 9.56. The summed E-state index contributed by atoms with van der Waals surface area (Å²) in [4.78, 5) is 0. The van der Waals surface area contributed by atoms with Gasteiger partial charge in [-0.2, -0.15) is 8.42 Å². The van der Waals surface area contributed by atoms with Crippen LogP contribution in [0.15, 0.2) is 0 Å². The van der Waals surface area contributed by atoms with E-state index < -0.39 is 10.1 Å². The van der Waals surface area contributed by atoms with Crippen LogP contribution < -0.4 is 103 Å². The molecule has 6 heteroatoms. The Morgan fingerprint density at radius 3 is 1.62 bits per heavy atom. The van der Waals surface area contributed by atoms with E-state index in [0.29, 0.717) is 0 Å². The van der Waals surface area contributed by atoms with E-state index in [1.54, 1.807) is 0 Å². The molecule has 0 bridgehead atoms. The summed E-state index contributed by atoms with van der Waals surface area (Å²) in [6.07, 6.45) is 0. The van der Waals surface area contributed by atoms with Crippen molar-refractivity contribution < 1.29 is 119 Å². The van der Waals surface area contributed by atoms with Crippen molar-refractivity contribution in [2.45, 2.75) is 6.92 Å². The van der Waals surface area contributed by atoms with Gasteiger partial charge in [-0.3, -0.25) is 4.55 Å². The van der Waals surface area contributed by atoms with Gasteiger partial charge in [-0.15, -0.1) is 0 Å². The summed E-state index contributed by atoms with van der Waals surface area (Å²) in [6.45, 7) is 1.37. The van der Waals surface area contributed by atoms with Crippen LogP contribution in [0.4, 0.5) is 0 Å². The average molecular weight is 190 g/mol. The molecule has 0 unspecified atom stereocenters. The molecule has 0 aliphatic carbocycles. The summed E-state index contributed by atoms with van der Waals surface area (Å²) < 4.78 is 26.9. The van der Waals surface area contributed by atoms with Crippen LogP contribution in [0.1, 0.15) is 9.78 Å². The summed E-state index contributed by atoms with van der Waals surface area (Å²) >= 11 is 0. The maximum Gasteiger partial charge on any atom is 1.00 e. The molecule has 0 radical (unpaired) electrons. The maximum atomic E-state index is 9.56. The first kappa shape index (κ1) is 17.3. The van der Waals surface area contributed by atoms with Crippen molar-refractivity contribution >= 4 is 10.1 Å². The minimum atomic E-state index is -3.66. The molecule has 3 nitrogen and oxygen atoms in total. The SMILES string of the molecule is CCS(=O)(=O)O.[H-].[H-].[K+].[K+]. The summed E-state index contributed by atoms with van der Waals surface area (Å²) in [6, 6.07) is 0. The quantitative estimate of drug-likeness (QED) is 0.331. The summed E-state index contributed by atoms with van der Waals surface area (Å²) in [5, 5.41) is 0. The second-order valence-electron chi connectivity index (χ2n) is 0.871. The molecule has 0 saturated carbocycles. The fourth-order valence-corrected chi connectivity index (χ4v) is 0. The van der Waals surface area contributed by atoms with Crippen molar-refractivity contribution in [2.75, 3.05) is 5.75 Å². The van der Waals surface area contributed by atoms with Gasteiger partial charge in [0.2, 0.25) is 0 Å². The van der Waals surface area contributed by atoms with E-state index >= 15 is 0 Å². The van der Waals surface area contributed by atoms with E-state index in [1.807, 2.05) is 0 Å². The van der Waals surface area contributed by atoms with Crippen LogP contribution in [0.2, 0.25) is 0 Å². The molecule has 0 aliphatic rings. The van der Waals surface area contributed by atoms with Gasteiger partial charge >= 0.3 is 103 Å². The van der Waals surface area contributed by atoms with Gasteiger partial charge < -0.3 is 2.85 Å². The van der Waals surface area contributed by atoms with Gasteiger partial charge in [0, 0.05) is 0 Å². The molecule has 0 aromatic carbocycles. The van der Waals surface area contributed by atoms with Gasteiger partial charge in [0.25, 0.3) is 10.1 Å². The van der Waals surface area contributed by atoms with E-state index in [9.17, 15) is 8.42 Å². The Labute approximate surface area is 138 Å². The first-order valence-corrected chi connectivity index (χ1v) is 3.12. The Balaban J connectivity index is -0.0000000208. The zero-order valence-corrected chi connectivity index (χ0v) is 12.4. The average Bonchev–Trinajstić information content (AvgIpc) is 1.35. The molecule has 0 amide bonds. The van der Waals surface area contributed by atoms with Crippen molar-refractivity contribution in [2.24, 2.45) is 0 Å². The number of hydrogen-bond acceptors (Lipinski definition) is 2. The summed E-state index contributed by atoms with van der Waals surface area (Å²) in [7, 11) is -3.66. The summed E-state index contributed by atoms with van der Waals surface area (Å²) in [5.74, 6) is -0.201. The molecular weight excluding hydrogens is 182 g/mol. The molecule has 0 aliphatic heterocycles. The van der Waals surface area contributed by atoms with Crippen LogP contribution in [-0.4, -0.2) is 18.7 Å². The smallest absolute Gasteiger partial charge is 1.00 e. The van der Waals surface area contributed by atoms with E-state index in [4.69, 9.17) is 4.55 Å². The Morgan fingerprint density at radius 2 is 1.62 bits per heavy atom. The van der Waals surface area contributed by atoms with Gasteiger partial charge in [-0.25, -0.2) is 0 Å². The summed E-state index contributed by atoms with van der Waals surface area (Å²) in [5.41, 5.74) is 0. The van der Waals surface area contributed by atoms with Crippen molar-refractivity contribution in [1.82, 2.24) is 0 Å². The van der Waals surface area contributed by atoms with E-state index in [0.717, 1.165) is 0 Å². The van der Waals surface area contributed by atoms with Crippen LogP contribution in [0.25, 0.3) is 0 Å². The van der Waals surface area contributed by atoms with Crippen molar-refractivity contribution in [3.05, 3.63) is 0 Å². The predicted octanol–water partition coefficient (Wildman–Crippen LogP) is -5.87. The molecule has 0 atom stereocenters. The van der Waals surface area contributed by atoms with Crippen LogP contribution >= 0.6 is 0 Å². The second-order valence-corrected chi connectivity index (χ2v) is 2.61. The Bertz CT molecular complexity index is 124. The van der Waals surface area contributed by atoms with Crippen molar-refractivity contribution in [3.8, 4) is 0 Å². The fraction of sp³-hybridized carbons (Fsp3) is 1.00. The Kier molecular flexibility index (Phi) is 17.9. The minimum absolute atomic E-state index is 0. The first-order chi connectivity index (χ1) is 2.56. The third-order valence-electron chi connectivity index (χ3n) is 0.365. The largest absolute Gasteiger partial charge is 1.00 e. The first-order valence-electron chi connectivity index (χ1n) is 1.51. The second kappa shape index (κ2) is 8.28. The third kappa shape index (κ3) is 16.1. The standard InChI is InChI=1S/C2H6O3S.2K.2H/c1-2-6(3,4)5;;;;/h2H2,1H3,(H,3,4,5);;;;/q;2*+1;2*-1. The third-order valence-corrected chi connectivity index (χ3v) is 1.09. The normalized spacial score (nSPS) is 8.75. The predicted molar refractivity (Wildman–Crippen MR) is 24.3 cm³/mol. The zero-order valence-electron chi connectivity index (χ0n) is 7.38. The fourth-order valence-electron chi connectivity index (χ4n) is 0. The minimum Gasteiger partial charge on any atom is -1.00 e. The van der Waals surface area contributed by atoms with E-state index in [1.165, 1.54) is 6.92 Å². The topological polar surface area (TPSA) is 54.4 Å². The molecule has 42 valence electrons. The van der Waals surface area contributed by atoms with Gasteiger partial charge in [0.05, 0.1) is 5.75 Å². The zero-order chi connectivity index (χ0) is 5.21. The number of rotatable bonds is 1. The molecule has 0 aromatic heterocycles. The molecular formula is C2H8K2O3S. The Hall–Kier alpha value is 3.18. The molecule has 0 rings (SSSR count). The van der Waals surface area contributed by atoms with Crippen LogP contribution in [0.5, 0.6) is 0 Å². The van der Waals surface area contributed by atoms with Crippen LogP contribution in [-0.2, 0) is 10.1 Å². The van der Waals surface area contributed by atoms with E-state index in [2.05, 4.69) is 0 Å². The Morgan fingerprint density at radius 1 is 1.50 bits per heavy atom. The molecule has 0 heterocycles. The van der Waals surface area contributed by atoms with E-state index in [-0.39, 0.29) is 111 Å². The number of hydrogen-bond donors (Lipinski definition) is 1. The molecule has 1 N–H and O–H groups in total. The monoisotopic (exact) mass is 190 g/mol. The molecule has 0 fully saturated rings. The molecule has 8 heavy (non-hydrogen) atoms. The molecule has 0 saturated heterocycles. The van der Waals surface area contributed by atoms with Crippen molar-refractivity contribution in [3.63, 3.8) is 0 Å². The van der Waals surface area contributed by atoms with Crippen LogP contribution in [0, 0.1) is 0 Å². The van der Waals surface area contributed by atoms with Gasteiger partial charge in [0.15, 0.2) is 0 Å². The van der Waals surface area contributed by atoms with Crippen molar-refractivity contribution in [1.29, 1.82) is 0 Å². The van der Waals surface area contributed by atoms with Gasteiger partial charge in [-0.05, 0) is 6.92 Å². The molecule has 0 spiro atoms. The van der Waals surface area contributed by atoms with Crippen LogP contribution in [0.3, 0.4) is 0 Å². The van der Waals surface area contributed by atoms with Gasteiger partial charge in [-0.1, -0.05) is 0 Å². The molecule has 0 aromatic rings.